The van der Waals surface area contributed by atoms with Gasteiger partial charge in [-0.2, -0.15) is 0 Å². The molecule has 0 N–H and O–H groups in total. The van der Waals surface area contributed by atoms with Crippen molar-refractivity contribution in [1.82, 2.24) is 4.90 Å². The summed E-state index contributed by atoms with van der Waals surface area (Å²) in [5.74, 6) is 2.22. The maximum absolute atomic E-state index is 13.9. The molecule has 5 rings (SSSR count). The van der Waals surface area contributed by atoms with Crippen molar-refractivity contribution in [3.63, 3.8) is 0 Å². The van der Waals surface area contributed by atoms with E-state index < -0.39 is 0 Å². The zero-order valence-corrected chi connectivity index (χ0v) is 16.5. The number of esters is 1. The van der Waals surface area contributed by atoms with Crippen molar-refractivity contribution in [3.8, 4) is 0 Å². The lowest BCUT2D eigenvalue weighted by atomic mass is 9.49. The maximum Gasteiger partial charge on any atom is 0.307 e. The molecule has 1 aromatic rings. The number of carbonyl (C=O) groups is 2. The number of benzene rings is 1. The third-order valence-corrected chi connectivity index (χ3v) is 7.29. The first-order valence-electron chi connectivity index (χ1n) is 10.4. The van der Waals surface area contributed by atoms with E-state index in [4.69, 9.17) is 4.74 Å². The molecule has 0 aromatic heterocycles. The predicted molar refractivity (Wildman–Crippen MR) is 104 cm³/mol. The maximum atomic E-state index is 13.9. The molecule has 27 heavy (non-hydrogen) atoms. The van der Waals surface area contributed by atoms with Crippen LogP contribution in [0.5, 0.6) is 0 Å². The normalized spacial score (nSPS) is 32.1. The van der Waals surface area contributed by atoms with Crippen molar-refractivity contribution in [3.05, 3.63) is 35.9 Å². The Morgan fingerprint density at radius 1 is 1.07 bits per heavy atom. The number of carbonyl (C=O) groups excluding carboxylic acids is 2. The quantitative estimate of drug-likeness (QED) is 0.700. The van der Waals surface area contributed by atoms with Gasteiger partial charge in [0.25, 0.3) is 0 Å². The van der Waals surface area contributed by atoms with Crippen LogP contribution in [-0.4, -0.2) is 30.4 Å². The number of nitrogens with zero attached hydrogens (tertiary/aromatic N) is 1. The summed E-state index contributed by atoms with van der Waals surface area (Å²) in [6.45, 7) is 2.52. The van der Waals surface area contributed by atoms with Crippen LogP contribution in [0.3, 0.4) is 0 Å². The van der Waals surface area contributed by atoms with Gasteiger partial charge >= 0.3 is 5.97 Å². The van der Waals surface area contributed by atoms with Crippen molar-refractivity contribution < 1.29 is 14.3 Å². The van der Waals surface area contributed by atoms with E-state index in [9.17, 15) is 9.59 Å². The highest BCUT2D eigenvalue weighted by atomic mass is 16.5. The molecule has 1 amide bonds. The summed E-state index contributed by atoms with van der Waals surface area (Å²) in [5.41, 5.74) is 0.939. The molecule has 4 aliphatic carbocycles. The van der Waals surface area contributed by atoms with Gasteiger partial charge < -0.3 is 9.64 Å². The van der Waals surface area contributed by atoms with E-state index in [0.29, 0.717) is 6.54 Å². The zero-order chi connectivity index (χ0) is 19.0. The zero-order valence-electron chi connectivity index (χ0n) is 16.5. The molecule has 4 fully saturated rings. The van der Waals surface area contributed by atoms with Crippen LogP contribution in [0.4, 0.5) is 0 Å². The number of ether oxygens (including phenoxy) is 1. The van der Waals surface area contributed by atoms with Gasteiger partial charge in [-0.15, -0.1) is 0 Å². The second-order valence-electron chi connectivity index (χ2n) is 9.11. The average molecular weight is 370 g/mol. The Hall–Kier alpha value is -1.84. The predicted octanol–water partition coefficient (Wildman–Crippen LogP) is 4.36. The smallest absolute Gasteiger partial charge is 0.307 e. The number of amides is 1. The van der Waals surface area contributed by atoms with Gasteiger partial charge in [-0.3, -0.25) is 9.59 Å². The highest BCUT2D eigenvalue weighted by Crippen LogP contribution is 2.60. The van der Waals surface area contributed by atoms with Gasteiger partial charge in [-0.25, -0.2) is 0 Å². The van der Waals surface area contributed by atoms with Crippen LogP contribution in [0, 0.1) is 23.2 Å². The molecule has 1 unspecified atom stereocenters. The van der Waals surface area contributed by atoms with Gasteiger partial charge in [0.2, 0.25) is 5.91 Å². The fraction of sp³-hybridized carbons (Fsp3) is 0.652. The van der Waals surface area contributed by atoms with Gasteiger partial charge in [-0.05, 0) is 68.8 Å². The van der Waals surface area contributed by atoms with Crippen molar-refractivity contribution in [2.75, 3.05) is 13.7 Å². The van der Waals surface area contributed by atoms with Crippen molar-refractivity contribution in [1.29, 1.82) is 0 Å². The van der Waals surface area contributed by atoms with E-state index in [1.165, 1.54) is 26.4 Å². The summed E-state index contributed by atoms with van der Waals surface area (Å²) in [6.07, 6.45) is 7.37. The molecule has 4 heteroatoms. The molecule has 4 aliphatic rings. The molecule has 4 nitrogen and oxygen atoms in total. The summed E-state index contributed by atoms with van der Waals surface area (Å²) in [6, 6.07) is 10.1. The lowest BCUT2D eigenvalue weighted by Crippen LogP contribution is -2.55. The van der Waals surface area contributed by atoms with Crippen LogP contribution in [0.25, 0.3) is 0 Å². The molecule has 0 heterocycles. The minimum absolute atomic E-state index is 0.0311. The lowest BCUT2D eigenvalue weighted by molar-refractivity contribution is -0.160. The van der Waals surface area contributed by atoms with E-state index in [2.05, 4.69) is 19.1 Å². The van der Waals surface area contributed by atoms with Crippen molar-refractivity contribution in [2.24, 2.45) is 23.2 Å². The number of hydrogen-bond acceptors (Lipinski definition) is 3. The Morgan fingerprint density at radius 3 is 2.15 bits per heavy atom. The monoisotopic (exact) mass is 369 g/mol. The van der Waals surface area contributed by atoms with Gasteiger partial charge in [-0.1, -0.05) is 30.3 Å². The fourth-order valence-corrected chi connectivity index (χ4v) is 6.37. The third-order valence-electron chi connectivity index (χ3n) is 7.29. The standard InChI is InChI=1S/C23H31NO3/c1-16(20-6-4-3-5-7-20)24(9-8-21(25)27-2)22(26)23-13-17-10-18(14-23)12-19(11-17)15-23/h3-7,16-19H,8-15H2,1-2H3. The largest absolute Gasteiger partial charge is 0.469 e. The third kappa shape index (κ3) is 3.51. The van der Waals surface area contributed by atoms with E-state index in [0.717, 1.165) is 42.6 Å². The molecule has 4 saturated carbocycles. The van der Waals surface area contributed by atoms with Crippen molar-refractivity contribution >= 4 is 11.9 Å². The molecule has 146 valence electrons. The molecule has 0 spiro atoms. The molecule has 1 aromatic carbocycles. The van der Waals surface area contributed by atoms with E-state index in [1.54, 1.807) is 0 Å². The van der Waals surface area contributed by atoms with Crippen molar-refractivity contribution in [2.45, 2.75) is 57.9 Å². The van der Waals surface area contributed by atoms with E-state index >= 15 is 0 Å². The first-order valence-corrected chi connectivity index (χ1v) is 10.4. The Morgan fingerprint density at radius 2 is 1.63 bits per heavy atom. The molecule has 4 bridgehead atoms. The summed E-state index contributed by atoms with van der Waals surface area (Å²) in [7, 11) is 1.41. The molecule has 0 aliphatic heterocycles. The number of methoxy groups -OCH3 is 1. The average Bonchev–Trinajstić information content (AvgIpc) is 2.67. The van der Waals surface area contributed by atoms with E-state index in [-0.39, 0.29) is 29.8 Å². The fourth-order valence-electron chi connectivity index (χ4n) is 6.37. The Balaban J connectivity index is 1.59. The second kappa shape index (κ2) is 7.29. The summed E-state index contributed by atoms with van der Waals surface area (Å²) < 4.78 is 4.84. The molecular weight excluding hydrogens is 338 g/mol. The Labute approximate surface area is 162 Å². The second-order valence-corrected chi connectivity index (χ2v) is 9.11. The minimum atomic E-state index is -0.251. The molecule has 0 saturated heterocycles. The Kier molecular flexibility index (Phi) is 5.00. The van der Waals surface area contributed by atoms with Crippen LogP contribution in [0.2, 0.25) is 0 Å². The highest BCUT2D eigenvalue weighted by molar-refractivity contribution is 5.84. The van der Waals surface area contributed by atoms with E-state index in [1.807, 2.05) is 23.1 Å². The van der Waals surface area contributed by atoms with Gasteiger partial charge in [0.15, 0.2) is 0 Å². The van der Waals surface area contributed by atoms with Crippen LogP contribution in [0.1, 0.15) is 63.5 Å². The first kappa shape index (κ1) is 18.5. The van der Waals surface area contributed by atoms with Crippen LogP contribution < -0.4 is 0 Å². The Bertz CT molecular complexity index is 664. The molecule has 0 radical (unpaired) electrons. The first-order chi connectivity index (χ1) is 13.0. The number of rotatable bonds is 6. The van der Waals surface area contributed by atoms with Crippen LogP contribution in [-0.2, 0) is 14.3 Å². The lowest BCUT2D eigenvalue weighted by Gasteiger charge is -2.57. The van der Waals surface area contributed by atoms with Crippen LogP contribution >= 0.6 is 0 Å². The number of hydrogen-bond donors (Lipinski definition) is 0. The summed E-state index contributed by atoms with van der Waals surface area (Å²) >= 11 is 0. The van der Waals surface area contributed by atoms with Gasteiger partial charge in [0.1, 0.15) is 0 Å². The summed E-state index contributed by atoms with van der Waals surface area (Å²) in [5, 5.41) is 0. The molecule has 1 atom stereocenters. The highest BCUT2D eigenvalue weighted by Gasteiger charge is 2.55. The van der Waals surface area contributed by atoms with Gasteiger partial charge in [0, 0.05) is 6.54 Å². The van der Waals surface area contributed by atoms with Gasteiger partial charge in [0.05, 0.1) is 25.0 Å². The minimum Gasteiger partial charge on any atom is -0.469 e. The SMILES string of the molecule is COC(=O)CCN(C(=O)C12CC3CC(CC(C3)C1)C2)C(C)c1ccccc1. The summed E-state index contributed by atoms with van der Waals surface area (Å²) in [4.78, 5) is 27.6. The topological polar surface area (TPSA) is 46.6 Å². The van der Waals surface area contributed by atoms with Crippen LogP contribution in [0.15, 0.2) is 30.3 Å². The molecular formula is C23H31NO3.